The molecule has 1 heterocycles. The number of nitrogens with one attached hydrogen (secondary N) is 1. The average Bonchev–Trinajstić information content (AvgIpc) is 3.02. The van der Waals surface area contributed by atoms with E-state index < -0.39 is 0 Å². The summed E-state index contributed by atoms with van der Waals surface area (Å²) < 4.78 is 23.0. The minimum absolute atomic E-state index is 0.121. The van der Waals surface area contributed by atoms with Gasteiger partial charge in [0.05, 0.1) is 19.7 Å². The lowest BCUT2D eigenvalue weighted by Gasteiger charge is -2.11. The molecule has 0 aliphatic heterocycles. The predicted molar refractivity (Wildman–Crippen MR) is 84.5 cm³/mol. The van der Waals surface area contributed by atoms with Gasteiger partial charge in [-0.25, -0.2) is 9.37 Å². The topological polar surface area (TPSA) is 81.4 Å². The highest BCUT2D eigenvalue weighted by Gasteiger charge is 2.13. The first-order chi connectivity index (χ1) is 11.5. The number of hydrogen-bond donors (Lipinski definition) is 1. The van der Waals surface area contributed by atoms with Crippen LogP contribution < -0.4 is 5.32 Å². The number of benzene rings is 1. The molecule has 1 aromatic carbocycles. The number of amides is 1. The van der Waals surface area contributed by atoms with Gasteiger partial charge >= 0.3 is 5.97 Å². The van der Waals surface area contributed by atoms with Crippen LogP contribution in [0.4, 0.5) is 4.39 Å². The predicted octanol–water partition coefficient (Wildman–Crippen LogP) is 2.48. The molecule has 128 valence electrons. The fraction of sp³-hybridized carbons (Fsp3) is 0.353. The van der Waals surface area contributed by atoms with Crippen LogP contribution in [0.1, 0.15) is 25.7 Å². The Kier molecular flexibility index (Phi) is 6.06. The molecular formula is C17H19FN2O4. The molecule has 6 nitrogen and oxygen atoms in total. The third kappa shape index (κ3) is 5.19. The molecule has 0 radical (unpaired) electrons. The fourth-order valence-electron chi connectivity index (χ4n) is 2.13. The smallest absolute Gasteiger partial charge is 0.307 e. The van der Waals surface area contributed by atoms with Gasteiger partial charge in [0.25, 0.3) is 0 Å². The Morgan fingerprint density at radius 3 is 2.71 bits per heavy atom. The third-order valence-corrected chi connectivity index (χ3v) is 3.36. The summed E-state index contributed by atoms with van der Waals surface area (Å²) in [4.78, 5) is 27.1. The van der Waals surface area contributed by atoms with E-state index in [1.54, 1.807) is 25.3 Å². The first-order valence-corrected chi connectivity index (χ1v) is 7.54. The number of nitrogens with zero attached hydrogens (tertiary/aromatic N) is 1. The minimum atomic E-state index is -0.376. The normalized spacial score (nSPS) is 11.8. The highest BCUT2D eigenvalue weighted by atomic mass is 19.1. The van der Waals surface area contributed by atoms with Crippen molar-refractivity contribution >= 4 is 11.9 Å². The van der Waals surface area contributed by atoms with E-state index in [4.69, 9.17) is 4.42 Å². The van der Waals surface area contributed by atoms with Gasteiger partial charge in [-0.05, 0) is 31.2 Å². The standard InChI is InChI=1S/C17H19FN2O4/c1-11(9-17(22)23-2)20-15(21)7-8-16-19-10-14(24-16)12-3-5-13(18)6-4-12/h3-6,10-11H,7-9H2,1-2H3,(H,20,21). The molecule has 0 bridgehead atoms. The molecule has 0 aliphatic rings. The van der Waals surface area contributed by atoms with E-state index in [9.17, 15) is 14.0 Å². The number of methoxy groups -OCH3 is 1. The maximum Gasteiger partial charge on any atom is 0.307 e. The maximum atomic E-state index is 12.9. The number of aryl methyl sites for hydroxylation is 1. The van der Waals surface area contributed by atoms with E-state index in [1.165, 1.54) is 19.2 Å². The number of rotatable bonds is 7. The van der Waals surface area contributed by atoms with Gasteiger partial charge in [0.15, 0.2) is 11.7 Å². The Hall–Kier alpha value is -2.70. The van der Waals surface area contributed by atoms with Crippen molar-refractivity contribution in [1.29, 1.82) is 0 Å². The summed E-state index contributed by atoms with van der Waals surface area (Å²) in [7, 11) is 1.30. The lowest BCUT2D eigenvalue weighted by atomic mass is 10.2. The molecule has 0 saturated heterocycles. The van der Waals surface area contributed by atoms with Crippen molar-refractivity contribution in [3.63, 3.8) is 0 Å². The molecule has 1 N–H and O–H groups in total. The maximum absolute atomic E-state index is 12.9. The minimum Gasteiger partial charge on any atom is -0.469 e. The van der Waals surface area contributed by atoms with Gasteiger partial charge in [0.2, 0.25) is 5.91 Å². The Bertz CT molecular complexity index is 697. The van der Waals surface area contributed by atoms with Crippen LogP contribution in [0.3, 0.4) is 0 Å². The van der Waals surface area contributed by atoms with E-state index in [0.29, 0.717) is 23.6 Å². The van der Waals surface area contributed by atoms with Crippen molar-refractivity contribution in [2.75, 3.05) is 7.11 Å². The number of halogens is 1. The van der Waals surface area contributed by atoms with Crippen molar-refractivity contribution < 1.29 is 23.1 Å². The third-order valence-electron chi connectivity index (χ3n) is 3.36. The number of hydrogen-bond acceptors (Lipinski definition) is 5. The number of carbonyl (C=O) groups is 2. The van der Waals surface area contributed by atoms with Gasteiger partial charge in [0, 0.05) is 24.4 Å². The van der Waals surface area contributed by atoms with Crippen LogP contribution in [0.15, 0.2) is 34.9 Å². The summed E-state index contributed by atoms with van der Waals surface area (Å²) in [5, 5.41) is 2.71. The summed E-state index contributed by atoms with van der Waals surface area (Å²) in [6.07, 6.45) is 2.18. The van der Waals surface area contributed by atoms with E-state index in [2.05, 4.69) is 15.0 Å². The van der Waals surface area contributed by atoms with Crippen LogP contribution in [-0.4, -0.2) is 30.0 Å². The van der Waals surface area contributed by atoms with Crippen LogP contribution >= 0.6 is 0 Å². The second-order valence-corrected chi connectivity index (χ2v) is 5.37. The number of carbonyl (C=O) groups excluding carboxylic acids is 2. The van der Waals surface area contributed by atoms with Crippen molar-refractivity contribution in [1.82, 2.24) is 10.3 Å². The van der Waals surface area contributed by atoms with Gasteiger partial charge in [-0.15, -0.1) is 0 Å². The van der Waals surface area contributed by atoms with E-state index in [0.717, 1.165) is 0 Å². The second-order valence-electron chi connectivity index (χ2n) is 5.37. The highest BCUT2D eigenvalue weighted by Crippen LogP contribution is 2.21. The average molecular weight is 334 g/mol. The molecule has 1 atom stereocenters. The number of ether oxygens (including phenoxy) is 1. The molecule has 2 aromatic rings. The number of oxazole rings is 1. The van der Waals surface area contributed by atoms with Gasteiger partial charge < -0.3 is 14.5 Å². The zero-order valence-corrected chi connectivity index (χ0v) is 13.5. The van der Waals surface area contributed by atoms with Gasteiger partial charge in [-0.1, -0.05) is 0 Å². The molecule has 0 fully saturated rings. The molecule has 1 amide bonds. The molecule has 0 aliphatic carbocycles. The lowest BCUT2D eigenvalue weighted by molar-refractivity contribution is -0.141. The molecule has 0 saturated carbocycles. The first-order valence-electron chi connectivity index (χ1n) is 7.54. The summed E-state index contributed by atoms with van der Waals surface area (Å²) in [5.41, 5.74) is 0.714. The van der Waals surface area contributed by atoms with Crippen molar-refractivity contribution in [2.24, 2.45) is 0 Å². The van der Waals surface area contributed by atoms with Crippen molar-refractivity contribution in [3.8, 4) is 11.3 Å². The summed E-state index contributed by atoms with van der Waals surface area (Å²) in [5.74, 6) is 0.0400. The summed E-state index contributed by atoms with van der Waals surface area (Å²) >= 11 is 0. The second kappa shape index (κ2) is 8.24. The Balaban J connectivity index is 1.83. The molecule has 0 spiro atoms. The largest absolute Gasteiger partial charge is 0.469 e. The monoisotopic (exact) mass is 334 g/mol. The van der Waals surface area contributed by atoms with Crippen LogP contribution in [0.5, 0.6) is 0 Å². The van der Waals surface area contributed by atoms with Crippen LogP contribution in [-0.2, 0) is 20.7 Å². The molecule has 1 unspecified atom stereocenters. The van der Waals surface area contributed by atoms with Crippen LogP contribution in [0, 0.1) is 5.82 Å². The Morgan fingerprint density at radius 1 is 1.33 bits per heavy atom. The number of aromatic nitrogens is 1. The summed E-state index contributed by atoms with van der Waals surface area (Å²) in [6, 6.07) is 5.58. The van der Waals surface area contributed by atoms with E-state index in [1.807, 2.05) is 0 Å². The van der Waals surface area contributed by atoms with E-state index >= 15 is 0 Å². The van der Waals surface area contributed by atoms with Gasteiger partial charge in [-0.2, -0.15) is 0 Å². The van der Waals surface area contributed by atoms with Crippen LogP contribution in [0.25, 0.3) is 11.3 Å². The van der Waals surface area contributed by atoms with Crippen molar-refractivity contribution in [2.45, 2.75) is 32.2 Å². The Morgan fingerprint density at radius 2 is 2.04 bits per heavy atom. The molecule has 7 heteroatoms. The first kappa shape index (κ1) is 17.7. The number of esters is 1. The zero-order chi connectivity index (χ0) is 17.5. The SMILES string of the molecule is COC(=O)CC(C)NC(=O)CCc1ncc(-c2ccc(F)cc2)o1. The molecular weight excluding hydrogens is 315 g/mol. The molecule has 1 aromatic heterocycles. The molecule has 24 heavy (non-hydrogen) atoms. The van der Waals surface area contributed by atoms with Gasteiger partial charge in [-0.3, -0.25) is 9.59 Å². The lowest BCUT2D eigenvalue weighted by Crippen LogP contribution is -2.34. The van der Waals surface area contributed by atoms with Crippen molar-refractivity contribution in [3.05, 3.63) is 42.2 Å². The fourth-order valence-corrected chi connectivity index (χ4v) is 2.13. The molecule has 2 rings (SSSR count). The Labute approximate surface area is 139 Å². The van der Waals surface area contributed by atoms with Crippen LogP contribution in [0.2, 0.25) is 0 Å². The quantitative estimate of drug-likeness (QED) is 0.787. The summed E-state index contributed by atoms with van der Waals surface area (Å²) in [6.45, 7) is 1.73. The zero-order valence-electron chi connectivity index (χ0n) is 13.5. The highest BCUT2D eigenvalue weighted by molar-refractivity contribution is 5.77. The van der Waals surface area contributed by atoms with E-state index in [-0.39, 0.29) is 36.6 Å². The van der Waals surface area contributed by atoms with Gasteiger partial charge in [0.1, 0.15) is 5.82 Å².